The van der Waals surface area contributed by atoms with Gasteiger partial charge >= 0.3 is 6.09 Å². The predicted molar refractivity (Wildman–Crippen MR) is 56.5 cm³/mol. The van der Waals surface area contributed by atoms with Crippen molar-refractivity contribution in [3.05, 3.63) is 0 Å². The van der Waals surface area contributed by atoms with Gasteiger partial charge in [0.05, 0.1) is 0 Å². The molecule has 1 fully saturated rings. The minimum atomic E-state index is -0.262. The highest BCUT2D eigenvalue weighted by molar-refractivity contribution is 6.17. The first-order valence-corrected chi connectivity index (χ1v) is 5.85. The maximum absolute atomic E-state index is 11.4. The number of rotatable bonds is 1. The highest BCUT2D eigenvalue weighted by Crippen LogP contribution is 2.11. The molecule has 0 aromatic heterocycles. The number of amides is 1. The summed E-state index contributed by atoms with van der Waals surface area (Å²) in [4.78, 5) is 13.2. The smallest absolute Gasteiger partial charge is 0.410 e. The van der Waals surface area contributed by atoms with Crippen LogP contribution >= 0.6 is 11.6 Å². The monoisotopic (exact) mass is 219 g/mol. The third-order valence-electron chi connectivity index (χ3n) is 2.54. The summed E-state index contributed by atoms with van der Waals surface area (Å²) in [7, 11) is 0. The SMILES string of the molecule is O=C(OCCl)N1CCCCCCCC1. The summed E-state index contributed by atoms with van der Waals surface area (Å²) in [6, 6.07) is -0.0463. The second kappa shape index (κ2) is 6.93. The van der Waals surface area contributed by atoms with Crippen LogP contribution < -0.4 is 0 Å². The first-order chi connectivity index (χ1) is 6.84. The molecular weight excluding hydrogens is 202 g/mol. The number of hydrogen-bond acceptors (Lipinski definition) is 2. The molecule has 0 bridgehead atoms. The van der Waals surface area contributed by atoms with Gasteiger partial charge in [-0.2, -0.15) is 0 Å². The average molecular weight is 220 g/mol. The van der Waals surface area contributed by atoms with Gasteiger partial charge in [0.1, 0.15) is 0 Å². The Labute approximate surface area is 90.4 Å². The van der Waals surface area contributed by atoms with E-state index in [1.807, 2.05) is 0 Å². The highest BCUT2D eigenvalue weighted by atomic mass is 35.5. The van der Waals surface area contributed by atoms with Gasteiger partial charge in [-0.25, -0.2) is 4.79 Å². The third-order valence-corrected chi connectivity index (χ3v) is 2.65. The van der Waals surface area contributed by atoms with E-state index >= 15 is 0 Å². The lowest BCUT2D eigenvalue weighted by atomic mass is 10.1. The Bertz CT molecular complexity index is 166. The van der Waals surface area contributed by atoms with Crippen molar-refractivity contribution < 1.29 is 9.53 Å². The third kappa shape index (κ3) is 4.18. The summed E-state index contributed by atoms with van der Waals surface area (Å²) in [6.45, 7) is 1.63. The molecular formula is C10H18ClNO2. The maximum Gasteiger partial charge on any atom is 0.410 e. The molecule has 4 heteroatoms. The molecule has 0 N–H and O–H groups in total. The van der Waals surface area contributed by atoms with E-state index in [-0.39, 0.29) is 12.2 Å². The van der Waals surface area contributed by atoms with E-state index in [4.69, 9.17) is 16.3 Å². The maximum atomic E-state index is 11.4. The van der Waals surface area contributed by atoms with E-state index in [2.05, 4.69) is 0 Å². The van der Waals surface area contributed by atoms with E-state index in [1.54, 1.807) is 4.90 Å². The molecule has 0 aromatic rings. The molecule has 0 aliphatic carbocycles. The van der Waals surface area contributed by atoms with Crippen LogP contribution in [0.3, 0.4) is 0 Å². The molecule has 1 amide bonds. The van der Waals surface area contributed by atoms with E-state index in [1.165, 1.54) is 25.7 Å². The number of alkyl halides is 1. The first-order valence-electron chi connectivity index (χ1n) is 5.32. The van der Waals surface area contributed by atoms with Crippen molar-refractivity contribution in [1.82, 2.24) is 4.90 Å². The highest BCUT2D eigenvalue weighted by Gasteiger charge is 2.14. The molecule has 0 saturated carbocycles. The summed E-state index contributed by atoms with van der Waals surface area (Å²) in [6.07, 6.45) is 6.91. The molecule has 0 radical (unpaired) electrons. The molecule has 0 spiro atoms. The lowest BCUT2D eigenvalue weighted by Crippen LogP contribution is -2.33. The molecule has 1 heterocycles. The van der Waals surface area contributed by atoms with Gasteiger partial charge in [-0.3, -0.25) is 0 Å². The van der Waals surface area contributed by atoms with Crippen molar-refractivity contribution in [3.63, 3.8) is 0 Å². The zero-order valence-electron chi connectivity index (χ0n) is 8.51. The van der Waals surface area contributed by atoms with Crippen LogP contribution in [0.1, 0.15) is 38.5 Å². The number of carbonyl (C=O) groups is 1. The molecule has 3 nitrogen and oxygen atoms in total. The molecule has 0 aromatic carbocycles. The first kappa shape index (κ1) is 11.6. The van der Waals surface area contributed by atoms with Gasteiger partial charge in [0, 0.05) is 13.1 Å². The largest absolute Gasteiger partial charge is 0.433 e. The van der Waals surface area contributed by atoms with Gasteiger partial charge in [0.2, 0.25) is 0 Å². The number of nitrogens with zero attached hydrogens (tertiary/aromatic N) is 1. The van der Waals surface area contributed by atoms with Gasteiger partial charge in [-0.15, -0.1) is 0 Å². The zero-order valence-corrected chi connectivity index (χ0v) is 9.26. The second-order valence-electron chi connectivity index (χ2n) is 3.63. The summed E-state index contributed by atoms with van der Waals surface area (Å²) < 4.78 is 4.77. The summed E-state index contributed by atoms with van der Waals surface area (Å²) in [5, 5.41) is 0. The zero-order chi connectivity index (χ0) is 10.2. The Kier molecular flexibility index (Phi) is 5.76. The predicted octanol–water partition coefficient (Wildman–Crippen LogP) is 2.98. The average Bonchev–Trinajstić information content (AvgIpc) is 2.30. The quantitative estimate of drug-likeness (QED) is 0.635. The Morgan fingerprint density at radius 1 is 1.07 bits per heavy atom. The normalized spacial score (nSPS) is 19.4. The van der Waals surface area contributed by atoms with Crippen LogP contribution in [-0.4, -0.2) is 30.1 Å². The number of ether oxygens (including phenoxy) is 1. The van der Waals surface area contributed by atoms with Crippen molar-refractivity contribution in [3.8, 4) is 0 Å². The van der Waals surface area contributed by atoms with Crippen LogP contribution in [0, 0.1) is 0 Å². The summed E-state index contributed by atoms with van der Waals surface area (Å²) >= 11 is 5.35. The standard InChI is InChI=1S/C10H18ClNO2/c11-9-14-10(13)12-7-5-3-1-2-4-6-8-12/h1-9H2. The fourth-order valence-electron chi connectivity index (χ4n) is 1.74. The van der Waals surface area contributed by atoms with Crippen LogP contribution in [0.2, 0.25) is 0 Å². The molecule has 14 heavy (non-hydrogen) atoms. The minimum Gasteiger partial charge on any atom is -0.433 e. The van der Waals surface area contributed by atoms with Crippen molar-refractivity contribution >= 4 is 17.7 Å². The van der Waals surface area contributed by atoms with Crippen LogP contribution in [0.25, 0.3) is 0 Å². The fourth-order valence-corrected chi connectivity index (χ4v) is 1.84. The molecule has 1 aliphatic rings. The second-order valence-corrected chi connectivity index (χ2v) is 3.85. The minimum absolute atomic E-state index is 0.0463. The van der Waals surface area contributed by atoms with Crippen LogP contribution in [0.4, 0.5) is 4.79 Å². The van der Waals surface area contributed by atoms with Crippen LogP contribution in [0.15, 0.2) is 0 Å². The van der Waals surface area contributed by atoms with Crippen LogP contribution in [-0.2, 0) is 4.74 Å². The van der Waals surface area contributed by atoms with Gasteiger partial charge in [-0.05, 0) is 12.8 Å². The van der Waals surface area contributed by atoms with Gasteiger partial charge in [0.15, 0.2) is 6.07 Å². The number of hydrogen-bond donors (Lipinski definition) is 0. The molecule has 0 atom stereocenters. The van der Waals surface area contributed by atoms with Gasteiger partial charge < -0.3 is 9.64 Å². The number of halogens is 1. The van der Waals surface area contributed by atoms with E-state index < -0.39 is 0 Å². The Balaban J connectivity index is 2.35. The Hall–Kier alpha value is -0.440. The Morgan fingerprint density at radius 2 is 1.57 bits per heavy atom. The van der Waals surface area contributed by atoms with Crippen LogP contribution in [0.5, 0.6) is 0 Å². The van der Waals surface area contributed by atoms with Crippen molar-refractivity contribution in [2.24, 2.45) is 0 Å². The van der Waals surface area contributed by atoms with Gasteiger partial charge in [-0.1, -0.05) is 37.3 Å². The Morgan fingerprint density at radius 3 is 2.07 bits per heavy atom. The topological polar surface area (TPSA) is 29.5 Å². The van der Waals surface area contributed by atoms with E-state index in [0.29, 0.717) is 0 Å². The molecule has 0 unspecified atom stereocenters. The van der Waals surface area contributed by atoms with Crippen molar-refractivity contribution in [2.75, 3.05) is 19.2 Å². The summed E-state index contributed by atoms with van der Waals surface area (Å²) in [5.74, 6) is 0. The van der Waals surface area contributed by atoms with Gasteiger partial charge in [0.25, 0.3) is 0 Å². The van der Waals surface area contributed by atoms with Crippen molar-refractivity contribution in [2.45, 2.75) is 38.5 Å². The lowest BCUT2D eigenvalue weighted by molar-refractivity contribution is 0.117. The van der Waals surface area contributed by atoms with Crippen molar-refractivity contribution in [1.29, 1.82) is 0 Å². The lowest BCUT2D eigenvalue weighted by Gasteiger charge is -2.20. The summed E-state index contributed by atoms with van der Waals surface area (Å²) in [5.41, 5.74) is 0. The molecule has 1 saturated heterocycles. The number of carbonyl (C=O) groups excluding carboxylic acids is 1. The van der Waals surface area contributed by atoms with E-state index in [9.17, 15) is 4.79 Å². The molecule has 1 rings (SSSR count). The molecule has 1 aliphatic heterocycles. The molecule has 82 valence electrons. The fraction of sp³-hybridized carbons (Fsp3) is 0.900. The van der Waals surface area contributed by atoms with E-state index in [0.717, 1.165) is 25.9 Å².